The van der Waals surface area contributed by atoms with Crippen LogP contribution in [0.5, 0.6) is 0 Å². The van der Waals surface area contributed by atoms with Crippen LogP contribution in [0, 0.1) is 0 Å². The smallest absolute Gasteiger partial charge is 0.270 e. The third-order valence-electron chi connectivity index (χ3n) is 5.71. The lowest BCUT2D eigenvalue weighted by Crippen LogP contribution is -2.34. The van der Waals surface area contributed by atoms with E-state index >= 15 is 0 Å². The van der Waals surface area contributed by atoms with Crippen LogP contribution in [0.1, 0.15) is 52.1 Å². The molecule has 2 aliphatic carbocycles. The molecule has 2 N–H and O–H groups in total. The minimum Gasteiger partial charge on any atom is -0.349 e. The number of fused-ring (bicyclic) bond motifs is 1. The number of aromatic amines is 1. The summed E-state index contributed by atoms with van der Waals surface area (Å²) < 4.78 is 0. The Hall–Kier alpha value is -3.41. The number of nitrogens with zero attached hydrogens (tertiary/aromatic N) is 1. The quantitative estimate of drug-likeness (QED) is 0.665. The zero-order valence-corrected chi connectivity index (χ0v) is 16.6. The van der Waals surface area contributed by atoms with E-state index in [9.17, 15) is 14.4 Å². The molecule has 0 unspecified atom stereocenters. The van der Waals surface area contributed by atoms with Crippen molar-refractivity contribution >= 4 is 22.6 Å². The average Bonchev–Trinajstić information content (AvgIpc) is 3.67. The van der Waals surface area contributed by atoms with Crippen LogP contribution in [-0.4, -0.2) is 33.8 Å². The standard InChI is InChI=1S/C24H23N3O3/c28-22(25-18-9-10-18)16-7-5-15(6-8-16)14-27(19-11-12-19)24(30)21-13-17-3-1-2-4-20(17)23(29)26-21/h1-8,13,18-19H,9-12,14H2,(H,25,28)(H,26,29). The van der Waals surface area contributed by atoms with Gasteiger partial charge in [0.25, 0.3) is 17.4 Å². The Labute approximate surface area is 173 Å². The van der Waals surface area contributed by atoms with Crippen LogP contribution in [0.4, 0.5) is 0 Å². The second-order valence-corrected chi connectivity index (χ2v) is 8.21. The van der Waals surface area contributed by atoms with E-state index in [4.69, 9.17) is 0 Å². The minimum absolute atomic E-state index is 0.0482. The van der Waals surface area contributed by atoms with Gasteiger partial charge in [-0.1, -0.05) is 30.3 Å². The molecule has 0 atom stereocenters. The summed E-state index contributed by atoms with van der Waals surface area (Å²) in [6, 6.07) is 16.9. The lowest BCUT2D eigenvalue weighted by Gasteiger charge is -2.22. The fourth-order valence-electron chi connectivity index (χ4n) is 3.69. The Morgan fingerprint density at radius 2 is 1.73 bits per heavy atom. The third kappa shape index (κ3) is 3.85. The minimum atomic E-state index is -0.252. The zero-order valence-electron chi connectivity index (χ0n) is 16.6. The molecule has 0 radical (unpaired) electrons. The molecule has 2 saturated carbocycles. The van der Waals surface area contributed by atoms with Gasteiger partial charge < -0.3 is 15.2 Å². The van der Waals surface area contributed by atoms with Crippen molar-refractivity contribution in [3.63, 3.8) is 0 Å². The maximum absolute atomic E-state index is 13.2. The number of hydrogen-bond donors (Lipinski definition) is 2. The molecule has 30 heavy (non-hydrogen) atoms. The van der Waals surface area contributed by atoms with Crippen LogP contribution in [-0.2, 0) is 6.54 Å². The topological polar surface area (TPSA) is 82.3 Å². The van der Waals surface area contributed by atoms with Gasteiger partial charge in [0.1, 0.15) is 5.69 Å². The first-order valence-electron chi connectivity index (χ1n) is 10.4. The third-order valence-corrected chi connectivity index (χ3v) is 5.71. The van der Waals surface area contributed by atoms with Crippen molar-refractivity contribution in [1.29, 1.82) is 0 Å². The molecule has 2 fully saturated rings. The fraction of sp³-hybridized carbons (Fsp3) is 0.292. The molecule has 3 aromatic rings. The van der Waals surface area contributed by atoms with E-state index < -0.39 is 0 Å². The molecule has 2 amide bonds. The Bertz CT molecular complexity index is 1170. The van der Waals surface area contributed by atoms with Crippen molar-refractivity contribution in [3.05, 3.63) is 81.8 Å². The summed E-state index contributed by atoms with van der Waals surface area (Å²) in [6.07, 6.45) is 4.04. The van der Waals surface area contributed by atoms with Crippen LogP contribution in [0.3, 0.4) is 0 Å². The monoisotopic (exact) mass is 401 g/mol. The molecule has 0 aliphatic heterocycles. The molecule has 0 bridgehead atoms. The Morgan fingerprint density at radius 1 is 1.00 bits per heavy atom. The predicted molar refractivity (Wildman–Crippen MR) is 114 cm³/mol. The van der Waals surface area contributed by atoms with E-state index in [-0.39, 0.29) is 23.4 Å². The van der Waals surface area contributed by atoms with Crippen molar-refractivity contribution in [2.45, 2.75) is 44.3 Å². The molecule has 1 aromatic heterocycles. The van der Waals surface area contributed by atoms with Crippen LogP contribution in [0.2, 0.25) is 0 Å². The van der Waals surface area contributed by atoms with Crippen molar-refractivity contribution in [2.75, 3.05) is 0 Å². The number of amides is 2. The molecular weight excluding hydrogens is 378 g/mol. The summed E-state index contributed by atoms with van der Waals surface area (Å²) in [5, 5.41) is 4.31. The summed E-state index contributed by atoms with van der Waals surface area (Å²) in [5.74, 6) is -0.219. The summed E-state index contributed by atoms with van der Waals surface area (Å²) in [6.45, 7) is 0.447. The van der Waals surface area contributed by atoms with E-state index in [1.54, 1.807) is 24.3 Å². The first kappa shape index (κ1) is 18.6. The Kier molecular flexibility index (Phi) is 4.62. The molecule has 2 aromatic carbocycles. The summed E-state index contributed by atoms with van der Waals surface area (Å²) in [5.41, 5.74) is 1.65. The van der Waals surface area contributed by atoms with Crippen molar-refractivity contribution < 1.29 is 9.59 Å². The first-order valence-corrected chi connectivity index (χ1v) is 10.4. The van der Waals surface area contributed by atoms with Crippen molar-refractivity contribution in [3.8, 4) is 0 Å². The Balaban J connectivity index is 1.36. The highest BCUT2D eigenvalue weighted by molar-refractivity contribution is 5.97. The van der Waals surface area contributed by atoms with Crippen LogP contribution >= 0.6 is 0 Å². The molecule has 6 nitrogen and oxygen atoms in total. The van der Waals surface area contributed by atoms with E-state index in [0.717, 1.165) is 36.6 Å². The van der Waals surface area contributed by atoms with Crippen LogP contribution < -0.4 is 10.9 Å². The number of rotatable bonds is 6. The molecule has 2 aliphatic rings. The van der Waals surface area contributed by atoms with E-state index in [0.29, 0.717) is 29.2 Å². The highest BCUT2D eigenvalue weighted by Crippen LogP contribution is 2.30. The number of hydrogen-bond acceptors (Lipinski definition) is 3. The van der Waals surface area contributed by atoms with Gasteiger partial charge in [0.2, 0.25) is 0 Å². The normalized spacial score (nSPS) is 15.7. The van der Waals surface area contributed by atoms with Gasteiger partial charge in [-0.2, -0.15) is 0 Å². The lowest BCUT2D eigenvalue weighted by atomic mass is 10.1. The molecule has 152 valence electrons. The number of benzene rings is 2. The van der Waals surface area contributed by atoms with Gasteiger partial charge in [0, 0.05) is 29.6 Å². The van der Waals surface area contributed by atoms with Gasteiger partial charge in [-0.3, -0.25) is 14.4 Å². The molecule has 6 heteroatoms. The molecule has 0 spiro atoms. The van der Waals surface area contributed by atoms with Crippen LogP contribution in [0.15, 0.2) is 59.4 Å². The summed E-state index contributed by atoms with van der Waals surface area (Å²) in [7, 11) is 0. The van der Waals surface area contributed by atoms with E-state index in [2.05, 4.69) is 10.3 Å². The van der Waals surface area contributed by atoms with Gasteiger partial charge in [0.15, 0.2) is 0 Å². The fourth-order valence-corrected chi connectivity index (χ4v) is 3.69. The zero-order chi connectivity index (χ0) is 20.7. The first-order chi connectivity index (χ1) is 14.6. The molecule has 5 rings (SSSR count). The largest absolute Gasteiger partial charge is 0.349 e. The van der Waals surface area contributed by atoms with E-state index in [1.165, 1.54) is 0 Å². The number of pyridine rings is 1. The number of carbonyl (C=O) groups is 2. The van der Waals surface area contributed by atoms with E-state index in [1.807, 2.05) is 35.2 Å². The highest BCUT2D eigenvalue weighted by atomic mass is 16.2. The van der Waals surface area contributed by atoms with Gasteiger partial charge >= 0.3 is 0 Å². The molecular formula is C24H23N3O3. The number of nitrogens with one attached hydrogen (secondary N) is 2. The lowest BCUT2D eigenvalue weighted by molar-refractivity contribution is 0.0723. The molecule has 0 saturated heterocycles. The second-order valence-electron chi connectivity index (χ2n) is 8.21. The van der Waals surface area contributed by atoms with Gasteiger partial charge in [-0.25, -0.2) is 0 Å². The maximum Gasteiger partial charge on any atom is 0.270 e. The SMILES string of the molecule is O=C(NC1CC1)c1ccc(CN(C(=O)c2cc3ccccc3c(=O)[nH]2)C2CC2)cc1. The van der Waals surface area contributed by atoms with Crippen molar-refractivity contribution in [1.82, 2.24) is 15.2 Å². The number of H-pyrrole nitrogens is 1. The van der Waals surface area contributed by atoms with Crippen molar-refractivity contribution in [2.24, 2.45) is 0 Å². The van der Waals surface area contributed by atoms with Gasteiger partial charge in [0.05, 0.1) is 0 Å². The maximum atomic E-state index is 13.2. The summed E-state index contributed by atoms with van der Waals surface area (Å²) in [4.78, 5) is 42.3. The van der Waals surface area contributed by atoms with Gasteiger partial charge in [-0.05, 0) is 60.9 Å². The second kappa shape index (κ2) is 7.44. The predicted octanol–water partition coefficient (Wildman–Crippen LogP) is 3.23. The number of aromatic nitrogens is 1. The van der Waals surface area contributed by atoms with Crippen LogP contribution in [0.25, 0.3) is 10.8 Å². The molecule has 1 heterocycles. The van der Waals surface area contributed by atoms with Gasteiger partial charge in [-0.15, -0.1) is 0 Å². The average molecular weight is 401 g/mol. The highest BCUT2D eigenvalue weighted by Gasteiger charge is 2.33. The number of carbonyl (C=O) groups excluding carboxylic acids is 2. The summed E-state index contributed by atoms with van der Waals surface area (Å²) >= 11 is 0. The Morgan fingerprint density at radius 3 is 2.43 bits per heavy atom.